The molecule has 6 heteroatoms. The first-order valence-electron chi connectivity index (χ1n) is 10.8. The van der Waals surface area contributed by atoms with Crippen molar-refractivity contribution in [2.45, 2.75) is 38.0 Å². The predicted molar refractivity (Wildman–Crippen MR) is 117 cm³/mol. The third kappa shape index (κ3) is 3.82. The lowest BCUT2D eigenvalue weighted by atomic mass is 10.1. The Hall–Kier alpha value is -3.15. The molecule has 3 aromatic rings. The van der Waals surface area contributed by atoms with Crippen LogP contribution in [0, 0.1) is 0 Å². The summed E-state index contributed by atoms with van der Waals surface area (Å²) in [4.78, 5) is 21.3. The van der Waals surface area contributed by atoms with Crippen LogP contribution in [0.1, 0.15) is 43.9 Å². The van der Waals surface area contributed by atoms with Gasteiger partial charge in [-0.25, -0.2) is 0 Å². The molecule has 1 atom stereocenters. The maximum absolute atomic E-state index is 12.5. The largest absolute Gasteiger partial charge is 0.372 e. The molecule has 2 fully saturated rings. The fraction of sp³-hybridized carbons (Fsp3) is 0.375. The first-order chi connectivity index (χ1) is 14.8. The molecule has 30 heavy (non-hydrogen) atoms. The number of amides is 1. The topological polar surface area (TPSA) is 62.5 Å². The van der Waals surface area contributed by atoms with Crippen molar-refractivity contribution in [2.24, 2.45) is 0 Å². The van der Waals surface area contributed by atoms with Crippen LogP contribution in [0.5, 0.6) is 0 Å². The molecule has 0 saturated carbocycles. The molecule has 1 amide bonds. The van der Waals surface area contributed by atoms with Gasteiger partial charge in [-0.05, 0) is 49.2 Å². The molecule has 1 aromatic heterocycles. The predicted octanol–water partition coefficient (Wildman–Crippen LogP) is 4.64. The van der Waals surface area contributed by atoms with Gasteiger partial charge >= 0.3 is 0 Å². The van der Waals surface area contributed by atoms with E-state index in [0.29, 0.717) is 24.7 Å². The van der Waals surface area contributed by atoms with Crippen LogP contribution < -0.4 is 9.80 Å². The van der Waals surface area contributed by atoms with E-state index >= 15 is 0 Å². The number of benzene rings is 2. The Morgan fingerprint density at radius 2 is 1.60 bits per heavy atom. The molecule has 3 heterocycles. The average Bonchev–Trinajstić information content (AvgIpc) is 3.33. The van der Waals surface area contributed by atoms with E-state index in [0.717, 1.165) is 24.3 Å². The highest BCUT2D eigenvalue weighted by Crippen LogP contribution is 2.32. The summed E-state index contributed by atoms with van der Waals surface area (Å²) >= 11 is 0. The molecule has 6 nitrogen and oxygen atoms in total. The molecule has 0 aliphatic carbocycles. The molecular formula is C24H26N4O2. The van der Waals surface area contributed by atoms with Crippen LogP contribution in [0.3, 0.4) is 0 Å². The molecule has 2 saturated heterocycles. The van der Waals surface area contributed by atoms with Crippen molar-refractivity contribution in [1.82, 2.24) is 10.1 Å². The van der Waals surface area contributed by atoms with Gasteiger partial charge in [0.25, 0.3) is 0 Å². The van der Waals surface area contributed by atoms with Gasteiger partial charge in [0.1, 0.15) is 0 Å². The first-order valence-corrected chi connectivity index (χ1v) is 10.8. The Kier molecular flexibility index (Phi) is 5.22. The number of anilines is 2. The Labute approximate surface area is 176 Å². The zero-order valence-corrected chi connectivity index (χ0v) is 17.0. The van der Waals surface area contributed by atoms with Gasteiger partial charge in [0.05, 0.1) is 5.92 Å². The number of nitrogens with zero attached hydrogens (tertiary/aromatic N) is 4. The van der Waals surface area contributed by atoms with Gasteiger partial charge < -0.3 is 14.3 Å². The second kappa shape index (κ2) is 8.30. The van der Waals surface area contributed by atoms with Gasteiger partial charge in [-0.1, -0.05) is 36.2 Å². The highest BCUT2D eigenvalue weighted by Gasteiger charge is 2.35. The zero-order chi connectivity index (χ0) is 20.3. The summed E-state index contributed by atoms with van der Waals surface area (Å²) in [5.74, 6) is 1.13. The molecule has 0 bridgehead atoms. The smallest absolute Gasteiger partial charge is 0.232 e. The minimum atomic E-state index is -0.0738. The minimum absolute atomic E-state index is 0.0738. The maximum Gasteiger partial charge on any atom is 0.232 e. The lowest BCUT2D eigenvalue weighted by Crippen LogP contribution is -2.24. The lowest BCUT2D eigenvalue weighted by Gasteiger charge is -2.22. The number of para-hydroxylation sites is 1. The van der Waals surface area contributed by atoms with E-state index in [9.17, 15) is 4.79 Å². The number of hydrogen-bond acceptors (Lipinski definition) is 5. The van der Waals surface area contributed by atoms with Crippen molar-refractivity contribution in [2.75, 3.05) is 29.4 Å². The van der Waals surface area contributed by atoms with Gasteiger partial charge in [0.15, 0.2) is 0 Å². The second-order valence-corrected chi connectivity index (χ2v) is 8.15. The van der Waals surface area contributed by atoms with Crippen molar-refractivity contribution in [3.63, 3.8) is 0 Å². The normalized spacial score (nSPS) is 19.9. The Balaban J connectivity index is 1.29. The molecule has 2 aliphatic heterocycles. The zero-order valence-electron chi connectivity index (χ0n) is 17.0. The van der Waals surface area contributed by atoms with E-state index in [2.05, 4.69) is 39.3 Å². The van der Waals surface area contributed by atoms with Crippen LogP contribution in [-0.2, 0) is 4.79 Å². The summed E-state index contributed by atoms with van der Waals surface area (Å²) in [5, 5.41) is 4.18. The van der Waals surface area contributed by atoms with E-state index < -0.39 is 0 Å². The van der Waals surface area contributed by atoms with E-state index in [4.69, 9.17) is 4.52 Å². The van der Waals surface area contributed by atoms with Crippen molar-refractivity contribution in [3.05, 3.63) is 60.5 Å². The minimum Gasteiger partial charge on any atom is -0.372 e. The van der Waals surface area contributed by atoms with Crippen LogP contribution in [0.25, 0.3) is 11.4 Å². The summed E-state index contributed by atoms with van der Waals surface area (Å²) in [6, 6.07) is 18.1. The van der Waals surface area contributed by atoms with Crippen LogP contribution >= 0.6 is 0 Å². The molecule has 5 rings (SSSR count). The van der Waals surface area contributed by atoms with E-state index in [1.165, 1.54) is 31.4 Å². The maximum atomic E-state index is 12.5. The fourth-order valence-electron chi connectivity index (χ4n) is 4.40. The third-order valence-corrected chi connectivity index (χ3v) is 6.08. The Bertz CT molecular complexity index is 992. The SMILES string of the molecule is O=C1C[C@H](c2nc(-c3ccc(N4CCCCCC4)cc3)no2)CN1c1ccccc1. The lowest BCUT2D eigenvalue weighted by molar-refractivity contribution is -0.117. The quantitative estimate of drug-likeness (QED) is 0.636. The van der Waals surface area contributed by atoms with Gasteiger partial charge in [-0.15, -0.1) is 0 Å². The number of carbonyl (C=O) groups excluding carboxylic acids is 1. The van der Waals surface area contributed by atoms with Crippen LogP contribution in [0.4, 0.5) is 11.4 Å². The highest BCUT2D eigenvalue weighted by atomic mass is 16.5. The number of rotatable bonds is 4. The molecule has 154 valence electrons. The highest BCUT2D eigenvalue weighted by molar-refractivity contribution is 5.96. The van der Waals surface area contributed by atoms with Crippen LogP contribution in [-0.4, -0.2) is 35.7 Å². The Morgan fingerprint density at radius 1 is 0.867 bits per heavy atom. The van der Waals surface area contributed by atoms with Crippen molar-refractivity contribution < 1.29 is 9.32 Å². The summed E-state index contributed by atoms with van der Waals surface area (Å²) in [5.41, 5.74) is 3.10. The standard InChI is InChI=1S/C24H26N4O2/c29-22-16-19(17-28(22)21-8-4-3-5-9-21)24-25-23(26-30-24)18-10-12-20(13-11-18)27-14-6-1-2-7-15-27/h3-5,8-13,19H,1-2,6-7,14-17H2/t19-/m0/s1. The van der Waals surface area contributed by atoms with Crippen molar-refractivity contribution in [1.29, 1.82) is 0 Å². The average molecular weight is 402 g/mol. The van der Waals surface area contributed by atoms with Crippen LogP contribution in [0.2, 0.25) is 0 Å². The van der Waals surface area contributed by atoms with Crippen molar-refractivity contribution >= 4 is 17.3 Å². The van der Waals surface area contributed by atoms with Gasteiger partial charge in [0.2, 0.25) is 17.6 Å². The number of carbonyl (C=O) groups is 1. The number of hydrogen-bond donors (Lipinski definition) is 0. The van der Waals surface area contributed by atoms with E-state index in [1.54, 1.807) is 4.90 Å². The third-order valence-electron chi connectivity index (χ3n) is 6.08. The first kappa shape index (κ1) is 18.9. The summed E-state index contributed by atoms with van der Waals surface area (Å²) in [7, 11) is 0. The summed E-state index contributed by atoms with van der Waals surface area (Å²) < 4.78 is 5.55. The second-order valence-electron chi connectivity index (χ2n) is 8.15. The number of aromatic nitrogens is 2. The van der Waals surface area contributed by atoms with E-state index in [-0.39, 0.29) is 11.8 Å². The molecule has 2 aromatic carbocycles. The molecule has 0 N–H and O–H groups in total. The molecule has 0 unspecified atom stereocenters. The summed E-state index contributed by atoms with van der Waals surface area (Å²) in [6.45, 7) is 2.82. The molecule has 0 radical (unpaired) electrons. The molecule has 0 spiro atoms. The van der Waals surface area contributed by atoms with Gasteiger partial charge in [0, 0.05) is 43.0 Å². The molecular weight excluding hydrogens is 376 g/mol. The van der Waals surface area contributed by atoms with Gasteiger partial charge in [-0.2, -0.15) is 4.98 Å². The summed E-state index contributed by atoms with van der Waals surface area (Å²) in [6.07, 6.45) is 5.56. The van der Waals surface area contributed by atoms with Crippen molar-refractivity contribution in [3.8, 4) is 11.4 Å². The van der Waals surface area contributed by atoms with Gasteiger partial charge in [-0.3, -0.25) is 4.79 Å². The van der Waals surface area contributed by atoms with E-state index in [1.807, 2.05) is 30.3 Å². The fourth-order valence-corrected chi connectivity index (χ4v) is 4.40. The monoisotopic (exact) mass is 402 g/mol. The Morgan fingerprint density at radius 3 is 2.33 bits per heavy atom. The molecule has 2 aliphatic rings. The van der Waals surface area contributed by atoms with Crippen LogP contribution in [0.15, 0.2) is 59.1 Å².